The number of nitrogens with zero attached hydrogens (tertiary/aromatic N) is 1. The third kappa shape index (κ3) is 4.95. The number of hydrogen-bond acceptors (Lipinski definition) is 4. The van der Waals surface area contributed by atoms with Gasteiger partial charge in [-0.1, -0.05) is 30.3 Å². The Morgan fingerprint density at radius 1 is 1.38 bits per heavy atom. The van der Waals surface area contributed by atoms with Crippen molar-refractivity contribution in [2.24, 2.45) is 0 Å². The number of aromatic nitrogens is 1. The van der Waals surface area contributed by atoms with E-state index in [1.807, 2.05) is 43.3 Å². The van der Waals surface area contributed by atoms with Gasteiger partial charge in [-0.3, -0.25) is 9.53 Å². The Kier molecular flexibility index (Phi) is 5.46. The van der Waals surface area contributed by atoms with Crippen LogP contribution in [0.4, 0.5) is 9.80 Å². The lowest BCUT2D eigenvalue weighted by Crippen LogP contribution is -2.38. The summed E-state index contributed by atoms with van der Waals surface area (Å²) in [7, 11) is -0.932. The first-order valence-electron chi connectivity index (χ1n) is 6.44. The van der Waals surface area contributed by atoms with E-state index in [1.54, 1.807) is 6.26 Å². The van der Waals surface area contributed by atoms with Crippen LogP contribution in [0.5, 0.6) is 0 Å². The zero-order valence-corrected chi connectivity index (χ0v) is 13.5. The highest BCUT2D eigenvalue weighted by atomic mass is 32.2. The molecule has 7 heteroatoms. The normalized spacial score (nSPS) is 13.4. The maximum Gasteiger partial charge on any atom is 0.320 e. The van der Waals surface area contributed by atoms with Crippen LogP contribution >= 0.6 is 11.5 Å². The summed E-state index contributed by atoms with van der Waals surface area (Å²) < 4.78 is 15.4. The zero-order chi connectivity index (χ0) is 15.2. The predicted molar refractivity (Wildman–Crippen MR) is 88.1 cm³/mol. The Morgan fingerprint density at radius 2 is 2.10 bits per heavy atom. The Morgan fingerprint density at radius 3 is 2.76 bits per heavy atom. The number of urea groups is 1. The van der Waals surface area contributed by atoms with Gasteiger partial charge >= 0.3 is 6.03 Å². The van der Waals surface area contributed by atoms with Gasteiger partial charge in [-0.05, 0) is 18.5 Å². The van der Waals surface area contributed by atoms with Crippen molar-refractivity contribution in [3.8, 4) is 11.3 Å². The second-order valence-corrected chi connectivity index (χ2v) is 6.97. The van der Waals surface area contributed by atoms with E-state index >= 15 is 0 Å². The lowest BCUT2D eigenvalue weighted by atomic mass is 10.2. The van der Waals surface area contributed by atoms with Crippen LogP contribution < -0.4 is 10.6 Å². The molecule has 0 fully saturated rings. The van der Waals surface area contributed by atoms with Crippen molar-refractivity contribution in [1.82, 2.24) is 9.69 Å². The molecule has 0 aliphatic carbocycles. The summed E-state index contributed by atoms with van der Waals surface area (Å²) in [6.07, 6.45) is 1.62. The van der Waals surface area contributed by atoms with Gasteiger partial charge in [0, 0.05) is 40.5 Å². The number of hydrogen-bond donors (Lipinski definition) is 2. The van der Waals surface area contributed by atoms with Gasteiger partial charge in [0.2, 0.25) is 0 Å². The molecular formula is C14H17N3O2S2. The molecule has 0 aliphatic heterocycles. The number of anilines is 1. The first-order valence-corrected chi connectivity index (χ1v) is 8.94. The van der Waals surface area contributed by atoms with Crippen LogP contribution in [0.25, 0.3) is 11.3 Å². The summed E-state index contributed by atoms with van der Waals surface area (Å²) in [6, 6.07) is 11.2. The predicted octanol–water partition coefficient (Wildman–Crippen LogP) is 2.70. The molecular weight excluding hydrogens is 306 g/mol. The van der Waals surface area contributed by atoms with Crippen LogP contribution in [-0.4, -0.2) is 32.7 Å². The highest BCUT2D eigenvalue weighted by molar-refractivity contribution is 7.84. The SMILES string of the molecule is C[C@@H](C[S@@](C)=O)NC(=O)Nc1cc(-c2ccccc2)ns1. The quantitative estimate of drug-likeness (QED) is 0.889. The molecule has 2 rings (SSSR count). The summed E-state index contributed by atoms with van der Waals surface area (Å²) in [5.74, 6) is 0.436. The average molecular weight is 323 g/mol. The summed E-state index contributed by atoms with van der Waals surface area (Å²) in [5.41, 5.74) is 1.84. The van der Waals surface area contributed by atoms with Crippen LogP contribution in [0.15, 0.2) is 36.4 Å². The Bertz CT molecular complexity index is 628. The van der Waals surface area contributed by atoms with E-state index in [4.69, 9.17) is 0 Å². The Balaban J connectivity index is 1.93. The van der Waals surface area contributed by atoms with Crippen LogP contribution in [-0.2, 0) is 10.8 Å². The fraction of sp³-hybridized carbons (Fsp3) is 0.286. The van der Waals surface area contributed by atoms with Gasteiger partial charge in [0.15, 0.2) is 0 Å². The molecule has 0 radical (unpaired) electrons. The molecule has 0 spiro atoms. The van der Waals surface area contributed by atoms with Crippen LogP contribution in [0.3, 0.4) is 0 Å². The molecule has 0 bridgehead atoms. The van der Waals surface area contributed by atoms with E-state index in [0.717, 1.165) is 11.3 Å². The molecule has 0 saturated carbocycles. The average Bonchev–Trinajstić information content (AvgIpc) is 2.86. The maximum absolute atomic E-state index is 11.8. The summed E-state index contributed by atoms with van der Waals surface area (Å²) in [5, 5.41) is 6.16. The molecule has 2 N–H and O–H groups in total. The topological polar surface area (TPSA) is 71.1 Å². The van der Waals surface area contributed by atoms with Gasteiger partial charge in [-0.25, -0.2) is 4.79 Å². The molecule has 112 valence electrons. The van der Waals surface area contributed by atoms with Crippen molar-refractivity contribution in [2.45, 2.75) is 13.0 Å². The third-order valence-electron chi connectivity index (χ3n) is 2.68. The van der Waals surface area contributed by atoms with Crippen molar-refractivity contribution >= 4 is 33.4 Å². The molecule has 0 unspecified atom stereocenters. The lowest BCUT2D eigenvalue weighted by molar-refractivity contribution is 0.250. The summed E-state index contributed by atoms with van der Waals surface area (Å²) in [6.45, 7) is 1.82. The van der Waals surface area contributed by atoms with Gasteiger partial charge in [-0.15, -0.1) is 0 Å². The van der Waals surface area contributed by atoms with E-state index in [9.17, 15) is 9.00 Å². The largest absolute Gasteiger partial charge is 0.334 e. The highest BCUT2D eigenvalue weighted by Gasteiger charge is 2.11. The molecule has 2 amide bonds. The van der Waals surface area contributed by atoms with Crippen LogP contribution in [0.2, 0.25) is 0 Å². The van der Waals surface area contributed by atoms with E-state index in [2.05, 4.69) is 15.0 Å². The summed E-state index contributed by atoms with van der Waals surface area (Å²) in [4.78, 5) is 11.8. The van der Waals surface area contributed by atoms with Gasteiger partial charge in [-0.2, -0.15) is 4.37 Å². The molecule has 2 atom stereocenters. The van der Waals surface area contributed by atoms with E-state index in [-0.39, 0.29) is 12.1 Å². The van der Waals surface area contributed by atoms with Crippen LogP contribution in [0, 0.1) is 0 Å². The molecule has 5 nitrogen and oxygen atoms in total. The number of carbonyl (C=O) groups is 1. The van der Waals surface area contributed by atoms with E-state index < -0.39 is 10.8 Å². The second-order valence-electron chi connectivity index (χ2n) is 4.68. The molecule has 1 aromatic heterocycles. The monoisotopic (exact) mass is 323 g/mol. The third-order valence-corrected chi connectivity index (χ3v) is 4.35. The molecule has 1 aromatic carbocycles. The van der Waals surface area contributed by atoms with Crippen molar-refractivity contribution in [2.75, 3.05) is 17.3 Å². The Labute approximate surface area is 130 Å². The fourth-order valence-electron chi connectivity index (χ4n) is 1.84. The molecule has 1 heterocycles. The number of amides is 2. The minimum Gasteiger partial charge on any atom is -0.334 e. The standard InChI is InChI=1S/C14H17N3O2S2/c1-10(9-21(2)19)15-14(18)16-13-8-12(17-20-13)11-6-4-3-5-7-11/h3-8,10H,9H2,1-2H3,(H2,15,16,18)/t10-,21+/m0/s1. The number of nitrogens with one attached hydrogen (secondary N) is 2. The van der Waals surface area contributed by atoms with Crippen molar-refractivity contribution in [1.29, 1.82) is 0 Å². The lowest BCUT2D eigenvalue weighted by Gasteiger charge is -2.12. The fourth-order valence-corrected chi connectivity index (χ4v) is 3.29. The maximum atomic E-state index is 11.8. The first-order chi connectivity index (χ1) is 10.0. The van der Waals surface area contributed by atoms with Crippen molar-refractivity contribution < 1.29 is 9.00 Å². The molecule has 0 saturated heterocycles. The Hall–Kier alpha value is -1.73. The van der Waals surface area contributed by atoms with Gasteiger partial charge in [0.1, 0.15) is 5.00 Å². The second kappa shape index (κ2) is 7.33. The smallest absolute Gasteiger partial charge is 0.320 e. The number of benzene rings is 1. The number of rotatable bonds is 5. The summed E-state index contributed by atoms with van der Waals surface area (Å²) >= 11 is 1.23. The van der Waals surface area contributed by atoms with Gasteiger partial charge in [0.05, 0.1) is 5.69 Å². The van der Waals surface area contributed by atoms with Gasteiger partial charge < -0.3 is 5.32 Å². The molecule has 2 aromatic rings. The minimum atomic E-state index is -0.932. The van der Waals surface area contributed by atoms with Gasteiger partial charge in [0.25, 0.3) is 0 Å². The van der Waals surface area contributed by atoms with Crippen molar-refractivity contribution in [3.63, 3.8) is 0 Å². The highest BCUT2D eigenvalue weighted by Crippen LogP contribution is 2.24. The van der Waals surface area contributed by atoms with E-state index in [0.29, 0.717) is 10.8 Å². The van der Waals surface area contributed by atoms with Crippen LogP contribution in [0.1, 0.15) is 6.92 Å². The molecule has 21 heavy (non-hydrogen) atoms. The molecule has 0 aliphatic rings. The zero-order valence-electron chi connectivity index (χ0n) is 11.8. The van der Waals surface area contributed by atoms with Crippen molar-refractivity contribution in [3.05, 3.63) is 36.4 Å². The minimum absolute atomic E-state index is 0.141. The first kappa shape index (κ1) is 15.7. The van der Waals surface area contributed by atoms with E-state index in [1.165, 1.54) is 11.5 Å². The number of carbonyl (C=O) groups excluding carboxylic acids is 1.